The molecule has 0 radical (unpaired) electrons. The van der Waals surface area contributed by atoms with E-state index in [0.29, 0.717) is 5.92 Å². The van der Waals surface area contributed by atoms with Crippen LogP contribution in [-0.2, 0) is 0 Å². The first kappa shape index (κ1) is 12.5. The maximum Gasteiger partial charge on any atom is 0.0297 e. The Kier molecular flexibility index (Phi) is 5.76. The molecule has 2 N–H and O–H groups in total. The fourth-order valence-corrected chi connectivity index (χ4v) is 1.34. The van der Waals surface area contributed by atoms with E-state index in [1.54, 1.807) is 0 Å². The Labute approximate surface area is 86.7 Å². The lowest BCUT2D eigenvalue weighted by molar-refractivity contribution is 0.510. The predicted molar refractivity (Wildman–Crippen MR) is 60.1 cm³/mol. The van der Waals surface area contributed by atoms with E-state index < -0.39 is 0 Å². The lowest BCUT2D eigenvalue weighted by Crippen LogP contribution is -2.12. The lowest BCUT2D eigenvalue weighted by Gasteiger charge is -2.13. The lowest BCUT2D eigenvalue weighted by atomic mass is 9.98. The van der Waals surface area contributed by atoms with Crippen molar-refractivity contribution in [3.8, 4) is 0 Å². The van der Waals surface area contributed by atoms with E-state index in [9.17, 15) is 0 Å². The topological polar surface area (TPSA) is 26.0 Å². The van der Waals surface area contributed by atoms with Gasteiger partial charge in [0.2, 0.25) is 0 Å². The van der Waals surface area contributed by atoms with Crippen molar-refractivity contribution in [3.05, 3.63) is 35.9 Å². The third-order valence-corrected chi connectivity index (χ3v) is 1.95. The SMILES string of the molecule is CC(C)CC(N)c1ccccc1.Cl. The average molecular weight is 200 g/mol. The number of rotatable bonds is 3. The van der Waals surface area contributed by atoms with E-state index in [1.807, 2.05) is 18.2 Å². The Bertz CT molecular complexity index is 221. The summed E-state index contributed by atoms with van der Waals surface area (Å²) in [5.74, 6) is 0.667. The molecule has 1 nitrogen and oxygen atoms in total. The Morgan fingerprint density at radius 2 is 1.69 bits per heavy atom. The van der Waals surface area contributed by atoms with Gasteiger partial charge in [0.05, 0.1) is 0 Å². The van der Waals surface area contributed by atoms with Crippen molar-refractivity contribution in [1.82, 2.24) is 0 Å². The van der Waals surface area contributed by atoms with Gasteiger partial charge >= 0.3 is 0 Å². The van der Waals surface area contributed by atoms with E-state index in [2.05, 4.69) is 26.0 Å². The molecule has 2 heteroatoms. The van der Waals surface area contributed by atoms with Crippen LogP contribution in [0.3, 0.4) is 0 Å². The average Bonchev–Trinajstić information content (AvgIpc) is 2.05. The Morgan fingerprint density at radius 1 is 1.15 bits per heavy atom. The summed E-state index contributed by atoms with van der Waals surface area (Å²) < 4.78 is 0. The molecule has 0 saturated heterocycles. The maximum atomic E-state index is 6.00. The molecule has 1 aromatic carbocycles. The molecular weight excluding hydrogens is 182 g/mol. The fourth-order valence-electron chi connectivity index (χ4n) is 1.34. The van der Waals surface area contributed by atoms with Crippen molar-refractivity contribution in [2.45, 2.75) is 26.3 Å². The van der Waals surface area contributed by atoms with Crippen molar-refractivity contribution >= 4 is 12.4 Å². The first-order valence-corrected chi connectivity index (χ1v) is 4.50. The number of nitrogens with two attached hydrogens (primary N) is 1. The monoisotopic (exact) mass is 199 g/mol. The summed E-state index contributed by atoms with van der Waals surface area (Å²) in [5, 5.41) is 0. The molecule has 0 aliphatic heterocycles. The highest BCUT2D eigenvalue weighted by atomic mass is 35.5. The summed E-state index contributed by atoms with van der Waals surface area (Å²) in [5.41, 5.74) is 7.24. The largest absolute Gasteiger partial charge is 0.324 e. The molecule has 0 aromatic heterocycles. The standard InChI is InChI=1S/C11H17N.ClH/c1-9(2)8-11(12)10-6-4-3-5-7-10;/h3-7,9,11H,8,12H2,1-2H3;1H. The van der Waals surface area contributed by atoms with Gasteiger partial charge in [0.15, 0.2) is 0 Å². The second-order valence-electron chi connectivity index (χ2n) is 3.65. The zero-order valence-electron chi connectivity index (χ0n) is 8.23. The van der Waals surface area contributed by atoms with Crippen LogP contribution in [0.2, 0.25) is 0 Å². The van der Waals surface area contributed by atoms with E-state index >= 15 is 0 Å². The number of benzene rings is 1. The second-order valence-corrected chi connectivity index (χ2v) is 3.65. The van der Waals surface area contributed by atoms with Crippen molar-refractivity contribution in [1.29, 1.82) is 0 Å². The van der Waals surface area contributed by atoms with E-state index in [4.69, 9.17) is 5.73 Å². The Morgan fingerprint density at radius 3 is 2.15 bits per heavy atom. The minimum atomic E-state index is 0. The molecule has 0 spiro atoms. The molecule has 0 amide bonds. The quantitative estimate of drug-likeness (QED) is 0.796. The van der Waals surface area contributed by atoms with Gasteiger partial charge in [-0.25, -0.2) is 0 Å². The number of halogens is 1. The van der Waals surface area contributed by atoms with E-state index in [1.165, 1.54) is 5.56 Å². The maximum absolute atomic E-state index is 6.00. The van der Waals surface area contributed by atoms with Gasteiger partial charge in [-0.2, -0.15) is 0 Å². The smallest absolute Gasteiger partial charge is 0.0297 e. The van der Waals surface area contributed by atoms with E-state index in [0.717, 1.165) is 6.42 Å². The highest BCUT2D eigenvalue weighted by Crippen LogP contribution is 2.17. The van der Waals surface area contributed by atoms with Crippen LogP contribution in [0.25, 0.3) is 0 Å². The van der Waals surface area contributed by atoms with Crippen LogP contribution in [-0.4, -0.2) is 0 Å². The Hall–Kier alpha value is -0.530. The van der Waals surface area contributed by atoms with Crippen LogP contribution in [0.1, 0.15) is 31.9 Å². The molecule has 1 rings (SSSR count). The van der Waals surface area contributed by atoms with Crippen LogP contribution in [0.4, 0.5) is 0 Å². The van der Waals surface area contributed by atoms with Gasteiger partial charge in [-0.3, -0.25) is 0 Å². The zero-order valence-corrected chi connectivity index (χ0v) is 9.05. The number of hydrogen-bond acceptors (Lipinski definition) is 1. The third kappa shape index (κ3) is 4.30. The number of hydrogen-bond donors (Lipinski definition) is 1. The molecule has 0 aliphatic carbocycles. The van der Waals surface area contributed by atoms with Crippen LogP contribution >= 0.6 is 12.4 Å². The molecule has 1 aromatic rings. The highest BCUT2D eigenvalue weighted by molar-refractivity contribution is 5.85. The molecule has 13 heavy (non-hydrogen) atoms. The normalized spacial score (nSPS) is 12.3. The van der Waals surface area contributed by atoms with Crippen LogP contribution < -0.4 is 5.73 Å². The molecule has 0 heterocycles. The predicted octanol–water partition coefficient (Wildman–Crippen LogP) is 3.15. The molecule has 0 saturated carbocycles. The first-order chi connectivity index (χ1) is 5.70. The fraction of sp³-hybridized carbons (Fsp3) is 0.455. The zero-order chi connectivity index (χ0) is 8.97. The summed E-state index contributed by atoms with van der Waals surface area (Å²) in [7, 11) is 0. The molecule has 1 unspecified atom stereocenters. The summed E-state index contributed by atoms with van der Waals surface area (Å²) in [6.45, 7) is 4.39. The van der Waals surface area contributed by atoms with Crippen molar-refractivity contribution in [2.24, 2.45) is 11.7 Å². The van der Waals surface area contributed by atoms with Crippen molar-refractivity contribution in [3.63, 3.8) is 0 Å². The summed E-state index contributed by atoms with van der Waals surface area (Å²) in [4.78, 5) is 0. The molecule has 0 aliphatic rings. The minimum Gasteiger partial charge on any atom is -0.324 e. The second kappa shape index (κ2) is 6.01. The molecule has 74 valence electrons. The van der Waals surface area contributed by atoms with Gasteiger partial charge in [-0.1, -0.05) is 44.2 Å². The molecule has 0 fully saturated rings. The summed E-state index contributed by atoms with van der Waals surface area (Å²) >= 11 is 0. The van der Waals surface area contributed by atoms with Crippen LogP contribution in [0.15, 0.2) is 30.3 Å². The van der Waals surface area contributed by atoms with Gasteiger partial charge in [0.1, 0.15) is 0 Å². The van der Waals surface area contributed by atoms with Gasteiger partial charge in [-0.05, 0) is 17.9 Å². The van der Waals surface area contributed by atoms with Crippen LogP contribution in [0, 0.1) is 5.92 Å². The van der Waals surface area contributed by atoms with E-state index in [-0.39, 0.29) is 18.4 Å². The third-order valence-electron chi connectivity index (χ3n) is 1.95. The molecule has 1 atom stereocenters. The summed E-state index contributed by atoms with van der Waals surface area (Å²) in [6.07, 6.45) is 1.06. The van der Waals surface area contributed by atoms with Gasteiger partial charge in [0.25, 0.3) is 0 Å². The molecule has 0 bridgehead atoms. The van der Waals surface area contributed by atoms with Crippen molar-refractivity contribution < 1.29 is 0 Å². The highest BCUT2D eigenvalue weighted by Gasteiger charge is 2.06. The van der Waals surface area contributed by atoms with Gasteiger partial charge in [0, 0.05) is 6.04 Å². The minimum absolute atomic E-state index is 0. The van der Waals surface area contributed by atoms with Crippen LogP contribution in [0.5, 0.6) is 0 Å². The van der Waals surface area contributed by atoms with Gasteiger partial charge < -0.3 is 5.73 Å². The first-order valence-electron chi connectivity index (χ1n) is 4.50. The molecular formula is C11H18ClN. The Balaban J connectivity index is 0.00000144. The van der Waals surface area contributed by atoms with Gasteiger partial charge in [-0.15, -0.1) is 12.4 Å². The van der Waals surface area contributed by atoms with Crippen molar-refractivity contribution in [2.75, 3.05) is 0 Å². The summed E-state index contributed by atoms with van der Waals surface area (Å²) in [6, 6.07) is 10.5.